The summed E-state index contributed by atoms with van der Waals surface area (Å²) in [6.07, 6.45) is 17.2. The number of aliphatic hydroxyl groups excluding tert-OH is 1. The van der Waals surface area contributed by atoms with Gasteiger partial charge in [-0.25, -0.2) is 0 Å². The molecule has 2 N–H and O–H groups in total. The van der Waals surface area contributed by atoms with Gasteiger partial charge in [-0.2, -0.15) is 0 Å². The van der Waals surface area contributed by atoms with Crippen LogP contribution in [0, 0.1) is 11.8 Å². The standard InChI is InChI=1S/C22H38O2S.CH4O/c1-4-5-11-18(2)12-8-9-13-20-16-15-19(3)22(20)25-17-10-6-7-14-21(23)24;1-2/h9,13,18,20H,4-8,10-12,14-17H2,1-3H3,(H,23,24);2H,1H3/b13-9+;. The van der Waals surface area contributed by atoms with Crippen molar-refractivity contribution in [2.24, 2.45) is 11.8 Å². The number of unbranched alkanes of at least 4 members (excludes halogenated alkanes) is 3. The molecule has 27 heavy (non-hydrogen) atoms. The van der Waals surface area contributed by atoms with Gasteiger partial charge in [0.1, 0.15) is 0 Å². The van der Waals surface area contributed by atoms with E-state index in [1.807, 2.05) is 11.8 Å². The van der Waals surface area contributed by atoms with Crippen molar-refractivity contribution in [1.82, 2.24) is 0 Å². The van der Waals surface area contributed by atoms with Crippen molar-refractivity contribution in [3.63, 3.8) is 0 Å². The Labute approximate surface area is 171 Å². The van der Waals surface area contributed by atoms with E-state index < -0.39 is 5.97 Å². The second-order valence-electron chi connectivity index (χ2n) is 7.60. The predicted octanol–water partition coefficient (Wildman–Crippen LogP) is 6.82. The molecule has 0 saturated heterocycles. The number of carbonyl (C=O) groups is 1. The highest BCUT2D eigenvalue weighted by atomic mass is 32.2. The molecule has 4 heteroatoms. The Morgan fingerprint density at radius 1 is 1.22 bits per heavy atom. The van der Waals surface area contributed by atoms with Crippen molar-refractivity contribution in [3.05, 3.63) is 22.6 Å². The average Bonchev–Trinajstić information content (AvgIpc) is 3.01. The van der Waals surface area contributed by atoms with E-state index in [-0.39, 0.29) is 0 Å². The molecule has 0 aromatic carbocycles. The minimum absolute atomic E-state index is 0.314. The summed E-state index contributed by atoms with van der Waals surface area (Å²) in [7, 11) is 1.00. The molecule has 0 saturated carbocycles. The fourth-order valence-electron chi connectivity index (χ4n) is 3.43. The third-order valence-electron chi connectivity index (χ3n) is 5.13. The maximum atomic E-state index is 10.5. The number of carboxylic acids is 1. The first-order valence-corrected chi connectivity index (χ1v) is 11.7. The zero-order valence-corrected chi connectivity index (χ0v) is 18.8. The molecule has 0 aromatic heterocycles. The molecule has 3 nitrogen and oxygen atoms in total. The number of aliphatic carboxylic acids is 1. The molecule has 0 heterocycles. The van der Waals surface area contributed by atoms with Crippen LogP contribution in [0.4, 0.5) is 0 Å². The second kappa shape index (κ2) is 17.4. The summed E-state index contributed by atoms with van der Waals surface area (Å²) in [4.78, 5) is 12.1. The van der Waals surface area contributed by atoms with Crippen LogP contribution < -0.4 is 0 Å². The molecule has 0 radical (unpaired) electrons. The van der Waals surface area contributed by atoms with Gasteiger partial charge in [0.15, 0.2) is 0 Å². The van der Waals surface area contributed by atoms with Gasteiger partial charge in [-0.3, -0.25) is 4.79 Å². The Morgan fingerprint density at radius 2 is 1.96 bits per heavy atom. The first-order valence-electron chi connectivity index (χ1n) is 10.7. The number of hydrogen-bond donors (Lipinski definition) is 2. The van der Waals surface area contributed by atoms with Gasteiger partial charge in [0.05, 0.1) is 0 Å². The molecule has 158 valence electrons. The van der Waals surface area contributed by atoms with Gasteiger partial charge < -0.3 is 10.2 Å². The van der Waals surface area contributed by atoms with Crippen LogP contribution in [-0.4, -0.2) is 29.0 Å². The molecule has 2 atom stereocenters. The number of aliphatic hydroxyl groups is 1. The van der Waals surface area contributed by atoms with E-state index >= 15 is 0 Å². The summed E-state index contributed by atoms with van der Waals surface area (Å²) in [6, 6.07) is 0. The number of carboxylic acid groups (broad SMARTS) is 1. The lowest BCUT2D eigenvalue weighted by molar-refractivity contribution is -0.137. The van der Waals surface area contributed by atoms with E-state index in [0.717, 1.165) is 38.0 Å². The third kappa shape index (κ3) is 13.1. The van der Waals surface area contributed by atoms with Crippen LogP contribution in [0.2, 0.25) is 0 Å². The average molecular weight is 399 g/mol. The topological polar surface area (TPSA) is 57.5 Å². The first-order chi connectivity index (χ1) is 13.0. The molecule has 0 amide bonds. The number of hydrogen-bond acceptors (Lipinski definition) is 3. The van der Waals surface area contributed by atoms with E-state index in [9.17, 15) is 4.79 Å². The van der Waals surface area contributed by atoms with Crippen molar-refractivity contribution in [2.45, 2.75) is 91.4 Å². The molecular formula is C23H42O3S. The molecule has 0 bridgehead atoms. The van der Waals surface area contributed by atoms with Gasteiger partial charge in [0.2, 0.25) is 0 Å². The number of thioether (sulfide) groups is 1. The van der Waals surface area contributed by atoms with Crippen molar-refractivity contribution in [1.29, 1.82) is 0 Å². The largest absolute Gasteiger partial charge is 0.481 e. The molecule has 0 fully saturated rings. The highest BCUT2D eigenvalue weighted by molar-refractivity contribution is 8.03. The van der Waals surface area contributed by atoms with E-state index in [1.54, 1.807) is 10.5 Å². The number of rotatable bonds is 14. The summed E-state index contributed by atoms with van der Waals surface area (Å²) >= 11 is 2.02. The molecular weight excluding hydrogens is 356 g/mol. The van der Waals surface area contributed by atoms with Crippen LogP contribution in [0.25, 0.3) is 0 Å². The Hall–Kier alpha value is -0.740. The summed E-state index contributed by atoms with van der Waals surface area (Å²) < 4.78 is 0. The number of allylic oxidation sites excluding steroid dienone is 4. The van der Waals surface area contributed by atoms with Gasteiger partial charge in [0.25, 0.3) is 0 Å². The molecule has 2 unspecified atom stereocenters. The van der Waals surface area contributed by atoms with E-state index in [4.69, 9.17) is 10.2 Å². The fourth-order valence-corrected chi connectivity index (χ4v) is 4.76. The smallest absolute Gasteiger partial charge is 0.303 e. The summed E-state index contributed by atoms with van der Waals surface area (Å²) in [5, 5.41) is 15.7. The molecule has 1 aliphatic rings. The summed E-state index contributed by atoms with van der Waals surface area (Å²) in [6.45, 7) is 6.94. The summed E-state index contributed by atoms with van der Waals surface area (Å²) in [5.41, 5.74) is 1.57. The minimum Gasteiger partial charge on any atom is -0.481 e. The van der Waals surface area contributed by atoms with Gasteiger partial charge in [-0.1, -0.05) is 57.3 Å². The highest BCUT2D eigenvalue weighted by Crippen LogP contribution is 2.40. The zero-order valence-electron chi connectivity index (χ0n) is 18.0. The molecule has 0 spiro atoms. The Balaban J connectivity index is 0.00000326. The Morgan fingerprint density at radius 3 is 2.63 bits per heavy atom. The van der Waals surface area contributed by atoms with Gasteiger partial charge in [-0.05, 0) is 62.0 Å². The maximum Gasteiger partial charge on any atom is 0.303 e. The minimum atomic E-state index is -0.670. The van der Waals surface area contributed by atoms with E-state index in [1.165, 1.54) is 44.9 Å². The van der Waals surface area contributed by atoms with Gasteiger partial charge in [0, 0.05) is 19.4 Å². The normalized spacial score (nSPS) is 17.9. The Bertz CT molecular complexity index is 443. The predicted molar refractivity (Wildman–Crippen MR) is 119 cm³/mol. The fraction of sp³-hybridized carbons (Fsp3) is 0.783. The van der Waals surface area contributed by atoms with Crippen molar-refractivity contribution < 1.29 is 15.0 Å². The quantitative estimate of drug-likeness (QED) is 0.249. The van der Waals surface area contributed by atoms with Crippen LogP contribution in [0.15, 0.2) is 22.6 Å². The molecule has 0 aliphatic heterocycles. The Kier molecular flexibility index (Phi) is 16.9. The van der Waals surface area contributed by atoms with Crippen molar-refractivity contribution in [3.8, 4) is 0 Å². The zero-order chi connectivity index (χ0) is 20.5. The van der Waals surface area contributed by atoms with Crippen LogP contribution in [0.1, 0.15) is 91.4 Å². The van der Waals surface area contributed by atoms with Crippen LogP contribution in [-0.2, 0) is 4.79 Å². The molecule has 1 aliphatic carbocycles. The van der Waals surface area contributed by atoms with E-state index in [2.05, 4.69) is 32.9 Å². The van der Waals surface area contributed by atoms with Crippen LogP contribution in [0.3, 0.4) is 0 Å². The lowest BCUT2D eigenvalue weighted by Gasteiger charge is -2.12. The van der Waals surface area contributed by atoms with Crippen molar-refractivity contribution in [2.75, 3.05) is 12.9 Å². The lowest BCUT2D eigenvalue weighted by atomic mass is 9.98. The third-order valence-corrected chi connectivity index (χ3v) is 6.58. The van der Waals surface area contributed by atoms with Crippen LogP contribution in [0.5, 0.6) is 0 Å². The van der Waals surface area contributed by atoms with E-state index in [0.29, 0.717) is 12.3 Å². The molecule has 1 rings (SSSR count). The molecule has 0 aromatic rings. The summed E-state index contributed by atoms with van der Waals surface area (Å²) in [5.74, 6) is 1.95. The highest BCUT2D eigenvalue weighted by Gasteiger charge is 2.21. The second-order valence-corrected chi connectivity index (χ2v) is 8.73. The lowest BCUT2D eigenvalue weighted by Crippen LogP contribution is -1.96. The SMILES string of the molecule is CCCCC(C)CC/C=C/C1CCC(C)=C1SCCCCCC(=O)O.CO. The monoisotopic (exact) mass is 398 g/mol. The van der Waals surface area contributed by atoms with Gasteiger partial charge >= 0.3 is 5.97 Å². The van der Waals surface area contributed by atoms with Crippen LogP contribution >= 0.6 is 11.8 Å². The maximum absolute atomic E-state index is 10.5. The van der Waals surface area contributed by atoms with Gasteiger partial charge in [-0.15, -0.1) is 11.8 Å². The van der Waals surface area contributed by atoms with Crippen molar-refractivity contribution >= 4 is 17.7 Å². The first kappa shape index (κ1) is 26.3.